The number of rotatable bonds is 3. The molecule has 3 nitrogen and oxygen atoms in total. The van der Waals surface area contributed by atoms with E-state index in [1.54, 1.807) is 4.90 Å². The molecule has 138 valence electrons. The number of benzene rings is 2. The molecule has 2 aromatic rings. The lowest BCUT2D eigenvalue weighted by Gasteiger charge is -2.27. The lowest BCUT2D eigenvalue weighted by Crippen LogP contribution is -2.35. The fourth-order valence-corrected chi connectivity index (χ4v) is 4.18. The first-order valence-electron chi connectivity index (χ1n) is 9.90. The predicted octanol–water partition coefficient (Wildman–Crippen LogP) is 5.18. The van der Waals surface area contributed by atoms with Crippen LogP contribution in [-0.2, 0) is 4.74 Å². The Morgan fingerprint density at radius 1 is 0.889 bits per heavy atom. The number of nitrogens with zero attached hydrogens (tertiary/aromatic N) is 1. The third-order valence-electron chi connectivity index (χ3n) is 5.60. The van der Waals surface area contributed by atoms with E-state index in [1.807, 2.05) is 36.4 Å². The molecule has 0 aromatic heterocycles. The van der Waals surface area contributed by atoms with Crippen LogP contribution in [0.5, 0.6) is 0 Å². The first-order valence-corrected chi connectivity index (χ1v) is 9.90. The monoisotopic (exact) mass is 359 g/mol. The van der Waals surface area contributed by atoms with Crippen molar-refractivity contribution >= 4 is 6.09 Å². The van der Waals surface area contributed by atoms with Crippen molar-refractivity contribution in [3.05, 3.63) is 71.8 Å². The van der Waals surface area contributed by atoms with Gasteiger partial charge in [-0.3, -0.25) is 0 Å². The third-order valence-corrected chi connectivity index (χ3v) is 5.60. The van der Waals surface area contributed by atoms with E-state index in [0.717, 1.165) is 12.8 Å². The summed E-state index contributed by atoms with van der Waals surface area (Å²) < 4.78 is 5.43. The Hall–Kier alpha value is -2.73. The van der Waals surface area contributed by atoms with Crippen LogP contribution < -0.4 is 0 Å². The van der Waals surface area contributed by atoms with E-state index in [2.05, 4.69) is 36.2 Å². The molecule has 1 aliphatic heterocycles. The molecule has 1 amide bonds. The molecule has 0 bridgehead atoms. The molecule has 27 heavy (non-hydrogen) atoms. The lowest BCUT2D eigenvalue weighted by molar-refractivity contribution is 0.167. The van der Waals surface area contributed by atoms with Crippen molar-refractivity contribution < 1.29 is 9.53 Å². The van der Waals surface area contributed by atoms with Crippen molar-refractivity contribution in [3.8, 4) is 12.0 Å². The molecule has 2 aromatic carbocycles. The van der Waals surface area contributed by atoms with E-state index in [1.165, 1.54) is 30.4 Å². The fraction of sp³-hybridized carbons (Fsp3) is 0.375. The second kappa shape index (κ2) is 8.31. The van der Waals surface area contributed by atoms with Gasteiger partial charge in [-0.2, -0.15) is 0 Å². The molecule has 4 rings (SSSR count). The predicted molar refractivity (Wildman–Crippen MR) is 106 cm³/mol. The Kier molecular flexibility index (Phi) is 5.44. The van der Waals surface area contributed by atoms with Gasteiger partial charge >= 0.3 is 6.09 Å². The van der Waals surface area contributed by atoms with Gasteiger partial charge in [-0.05, 0) is 24.0 Å². The minimum atomic E-state index is -0.319. The van der Waals surface area contributed by atoms with Crippen molar-refractivity contribution in [2.24, 2.45) is 5.92 Å². The topological polar surface area (TPSA) is 29.5 Å². The number of carbonyl (C=O) groups excluding carboxylic acids is 1. The lowest BCUT2D eigenvalue weighted by atomic mass is 9.85. The first-order chi connectivity index (χ1) is 13.3. The second-order valence-corrected chi connectivity index (χ2v) is 7.40. The molecular formula is C24H25NO2. The summed E-state index contributed by atoms with van der Waals surface area (Å²) in [5, 5.41) is 0. The van der Waals surface area contributed by atoms with Crippen LogP contribution in [0.15, 0.2) is 60.7 Å². The molecule has 3 heteroatoms. The van der Waals surface area contributed by atoms with Gasteiger partial charge in [0.2, 0.25) is 0 Å². The molecule has 0 spiro atoms. The third kappa shape index (κ3) is 4.01. The van der Waals surface area contributed by atoms with E-state index in [4.69, 9.17) is 4.74 Å². The Labute approximate surface area is 161 Å². The summed E-state index contributed by atoms with van der Waals surface area (Å²) >= 11 is 0. The van der Waals surface area contributed by atoms with Crippen LogP contribution in [0.1, 0.15) is 49.1 Å². The molecule has 1 heterocycles. The largest absolute Gasteiger partial charge is 0.446 e. The van der Waals surface area contributed by atoms with E-state index in [-0.39, 0.29) is 18.1 Å². The van der Waals surface area contributed by atoms with Crippen LogP contribution in [-0.4, -0.2) is 23.6 Å². The molecule has 1 saturated carbocycles. The maximum Gasteiger partial charge on any atom is 0.422 e. The molecule has 1 saturated heterocycles. The number of amides is 1. The summed E-state index contributed by atoms with van der Waals surface area (Å²) in [6.45, 7) is 0.368. The van der Waals surface area contributed by atoms with Gasteiger partial charge in [0.25, 0.3) is 0 Å². The minimum absolute atomic E-state index is 0.0412. The SMILES string of the molecule is O=C1OC[C@@H](C(c2ccccc2)c2ccccc2)N1C#CC1CCCCC1. The average Bonchev–Trinajstić information content (AvgIpc) is 3.09. The highest BCUT2D eigenvalue weighted by atomic mass is 16.6. The molecule has 2 fully saturated rings. The van der Waals surface area contributed by atoms with Crippen LogP contribution in [0.25, 0.3) is 0 Å². The molecule has 1 aliphatic carbocycles. The standard InChI is InChI=1S/C24H25NO2/c26-24-25(17-16-19-10-4-1-5-11-19)22(18-27-24)23(20-12-6-2-7-13-20)21-14-8-3-9-15-21/h2-3,6-9,12-15,19,22-23H,1,4-5,10-11,18H2/t22-/m0/s1. The van der Waals surface area contributed by atoms with Crippen molar-refractivity contribution in [3.63, 3.8) is 0 Å². The molecule has 0 N–H and O–H groups in total. The number of hydrogen-bond acceptors (Lipinski definition) is 2. The highest BCUT2D eigenvalue weighted by molar-refractivity contribution is 5.73. The van der Waals surface area contributed by atoms with Gasteiger partial charge in [0.05, 0.1) is 6.04 Å². The maximum atomic E-state index is 12.4. The number of hydrogen-bond donors (Lipinski definition) is 0. The zero-order valence-corrected chi connectivity index (χ0v) is 15.5. The highest BCUT2D eigenvalue weighted by Gasteiger charge is 2.39. The van der Waals surface area contributed by atoms with Crippen molar-refractivity contribution in [1.29, 1.82) is 0 Å². The van der Waals surface area contributed by atoms with Crippen LogP contribution in [0.3, 0.4) is 0 Å². The summed E-state index contributed by atoms with van der Waals surface area (Å²) in [7, 11) is 0. The molecule has 2 aliphatic rings. The van der Waals surface area contributed by atoms with E-state index in [9.17, 15) is 4.79 Å². The first kappa shape index (κ1) is 17.7. The summed E-state index contributed by atoms with van der Waals surface area (Å²) in [5.41, 5.74) is 2.35. The number of carbonyl (C=O) groups is 1. The average molecular weight is 359 g/mol. The number of ether oxygens (including phenoxy) is 1. The molecule has 0 unspecified atom stereocenters. The van der Waals surface area contributed by atoms with Gasteiger partial charge in [-0.15, -0.1) is 0 Å². The minimum Gasteiger partial charge on any atom is -0.446 e. The Morgan fingerprint density at radius 2 is 1.48 bits per heavy atom. The van der Waals surface area contributed by atoms with Crippen molar-refractivity contribution in [2.45, 2.75) is 44.1 Å². The van der Waals surface area contributed by atoms with Crippen LogP contribution >= 0.6 is 0 Å². The maximum absolute atomic E-state index is 12.4. The van der Waals surface area contributed by atoms with Crippen LogP contribution in [0.2, 0.25) is 0 Å². The van der Waals surface area contributed by atoms with Gasteiger partial charge in [0.15, 0.2) is 0 Å². The summed E-state index contributed by atoms with van der Waals surface area (Å²) in [4.78, 5) is 14.1. The van der Waals surface area contributed by atoms with Crippen LogP contribution in [0, 0.1) is 17.9 Å². The second-order valence-electron chi connectivity index (χ2n) is 7.40. The zero-order valence-electron chi connectivity index (χ0n) is 15.5. The van der Waals surface area contributed by atoms with E-state index in [0.29, 0.717) is 12.5 Å². The van der Waals surface area contributed by atoms with Gasteiger partial charge in [-0.1, -0.05) is 85.8 Å². The Morgan fingerprint density at radius 3 is 2.07 bits per heavy atom. The summed E-state index contributed by atoms with van der Waals surface area (Å²) in [6.07, 6.45) is 5.74. The smallest absolute Gasteiger partial charge is 0.422 e. The normalized spacial score (nSPS) is 20.3. The Bertz CT molecular complexity index is 776. The quantitative estimate of drug-likeness (QED) is 0.707. The van der Waals surface area contributed by atoms with E-state index < -0.39 is 0 Å². The van der Waals surface area contributed by atoms with Gasteiger partial charge in [0, 0.05) is 17.9 Å². The van der Waals surface area contributed by atoms with Crippen molar-refractivity contribution in [2.75, 3.05) is 6.61 Å². The molecule has 0 radical (unpaired) electrons. The fourth-order valence-electron chi connectivity index (χ4n) is 4.18. The molecular weight excluding hydrogens is 334 g/mol. The Balaban J connectivity index is 1.66. The van der Waals surface area contributed by atoms with Gasteiger partial charge in [0.1, 0.15) is 6.61 Å². The van der Waals surface area contributed by atoms with Gasteiger partial charge < -0.3 is 4.74 Å². The van der Waals surface area contributed by atoms with E-state index >= 15 is 0 Å². The zero-order chi connectivity index (χ0) is 18.5. The van der Waals surface area contributed by atoms with Gasteiger partial charge in [-0.25, -0.2) is 9.69 Å². The highest BCUT2D eigenvalue weighted by Crippen LogP contribution is 2.34. The summed E-state index contributed by atoms with van der Waals surface area (Å²) in [5.74, 6) is 3.80. The number of cyclic esters (lactones) is 1. The molecule has 1 atom stereocenters. The summed E-state index contributed by atoms with van der Waals surface area (Å²) in [6, 6.07) is 23.7. The van der Waals surface area contributed by atoms with Crippen LogP contribution in [0.4, 0.5) is 4.79 Å². The van der Waals surface area contributed by atoms with Crippen molar-refractivity contribution in [1.82, 2.24) is 4.90 Å².